The van der Waals surface area contributed by atoms with Crippen LogP contribution in [0.1, 0.15) is 132 Å². The van der Waals surface area contributed by atoms with E-state index >= 15 is 0 Å². The first-order valence-electron chi connectivity index (χ1n) is 20.5. The second-order valence-electron chi connectivity index (χ2n) is 16.7. The molecule has 0 amide bonds. The molecule has 8 rings (SSSR count). The van der Waals surface area contributed by atoms with E-state index in [2.05, 4.69) is 52.0 Å². The number of Topliss-reactive ketones (excluding diaryl/α,β-unsaturated/α-hetero) is 1. The van der Waals surface area contributed by atoms with Gasteiger partial charge in [-0.15, -0.1) is 0 Å². The summed E-state index contributed by atoms with van der Waals surface area (Å²) in [5.74, 6) is 4.00. The number of aryl methyl sites for hydroxylation is 3. The van der Waals surface area contributed by atoms with E-state index in [1.807, 2.05) is 43.3 Å². The van der Waals surface area contributed by atoms with E-state index in [0.29, 0.717) is 48.4 Å². The summed E-state index contributed by atoms with van der Waals surface area (Å²) in [6.45, 7) is 11.0. The van der Waals surface area contributed by atoms with Gasteiger partial charge in [-0.05, 0) is 139 Å². The van der Waals surface area contributed by atoms with Gasteiger partial charge >= 0.3 is 0 Å². The fraction of sp³-hybridized carbons (Fsp3) is 0.490. The van der Waals surface area contributed by atoms with Gasteiger partial charge in [0.25, 0.3) is 0 Å². The molecule has 6 nitrogen and oxygen atoms in total. The van der Waals surface area contributed by atoms with Crippen LogP contribution in [-0.2, 0) is 44.5 Å². The van der Waals surface area contributed by atoms with Crippen LogP contribution in [0, 0.1) is 11.8 Å². The summed E-state index contributed by atoms with van der Waals surface area (Å²) in [5, 5.41) is 9.71. The van der Waals surface area contributed by atoms with Crippen molar-refractivity contribution in [3.05, 3.63) is 111 Å². The van der Waals surface area contributed by atoms with Crippen LogP contribution in [0.3, 0.4) is 0 Å². The van der Waals surface area contributed by atoms with Gasteiger partial charge in [0.2, 0.25) is 0 Å². The van der Waals surface area contributed by atoms with Crippen molar-refractivity contribution in [2.45, 2.75) is 128 Å². The standard InChI is InChI=1S/C19H24O2.C18H22O2.C12H14O2/c1-4-5-14-11-16(20)12-15-7-6-13-10-17(21-3)8-9-18(13)19(14,15)2;1-3-4-13-10-16(20)11-14-6-5-12-9-15(19)7-8-17(12)18(13,14)2;1-8-11-5-4-10(14-2)7-9(11)3-6-12(8)13/h8-10,12,14H,4-7,11H2,1-3H3;7-9,11,13,19H,3-6,10H2,1-2H3;4-5,7-8H,3,6H2,1-2H3/t14-,19+;13-,18+;/m00./s1. The molecule has 1 N–H and O–H groups in total. The van der Waals surface area contributed by atoms with Crippen LogP contribution < -0.4 is 9.47 Å². The van der Waals surface area contributed by atoms with Gasteiger partial charge in [0, 0.05) is 36.0 Å². The second kappa shape index (κ2) is 16.7. The topological polar surface area (TPSA) is 89.9 Å². The Hall–Kier alpha value is -4.45. The predicted molar refractivity (Wildman–Crippen MR) is 219 cm³/mol. The monoisotopic (exact) mass is 744 g/mol. The summed E-state index contributed by atoms with van der Waals surface area (Å²) >= 11 is 0. The number of allylic oxidation sites excluding steroid dienone is 4. The number of hydrogen-bond donors (Lipinski definition) is 1. The molecule has 55 heavy (non-hydrogen) atoms. The molecule has 3 aromatic carbocycles. The summed E-state index contributed by atoms with van der Waals surface area (Å²) in [6, 6.07) is 18.2. The van der Waals surface area contributed by atoms with Crippen LogP contribution in [0.4, 0.5) is 0 Å². The lowest BCUT2D eigenvalue weighted by Crippen LogP contribution is -2.42. The van der Waals surface area contributed by atoms with Crippen LogP contribution in [-0.4, -0.2) is 36.7 Å². The van der Waals surface area contributed by atoms with Crippen LogP contribution in [0.25, 0.3) is 0 Å². The molecule has 0 bridgehead atoms. The fourth-order valence-electron chi connectivity index (χ4n) is 10.4. The average molecular weight is 745 g/mol. The number of hydrogen-bond acceptors (Lipinski definition) is 6. The molecule has 0 aliphatic heterocycles. The maximum atomic E-state index is 12.1. The largest absolute Gasteiger partial charge is 0.508 e. The number of methoxy groups -OCH3 is 2. The number of benzene rings is 3. The van der Waals surface area contributed by atoms with E-state index in [9.17, 15) is 19.5 Å². The number of aromatic hydroxyl groups is 1. The second-order valence-corrected chi connectivity index (χ2v) is 16.7. The predicted octanol–water partition coefficient (Wildman–Crippen LogP) is 10.4. The molecule has 292 valence electrons. The van der Waals surface area contributed by atoms with E-state index in [-0.39, 0.29) is 22.5 Å². The molecule has 6 heteroatoms. The number of ketones is 3. The third-order valence-electron chi connectivity index (χ3n) is 13.6. The Balaban J connectivity index is 0.000000143. The van der Waals surface area contributed by atoms with E-state index < -0.39 is 0 Å². The highest BCUT2D eigenvalue weighted by Gasteiger charge is 2.46. The first-order chi connectivity index (χ1) is 26.4. The molecule has 0 fully saturated rings. The zero-order valence-corrected chi connectivity index (χ0v) is 34.1. The summed E-state index contributed by atoms with van der Waals surface area (Å²) < 4.78 is 10.5. The fourth-order valence-corrected chi connectivity index (χ4v) is 10.4. The molecule has 0 saturated carbocycles. The highest BCUT2D eigenvalue weighted by Crippen LogP contribution is 2.53. The molecule has 0 radical (unpaired) electrons. The Labute approximate surface area is 328 Å². The minimum Gasteiger partial charge on any atom is -0.508 e. The first-order valence-corrected chi connectivity index (χ1v) is 20.5. The van der Waals surface area contributed by atoms with Gasteiger partial charge in [-0.25, -0.2) is 0 Å². The van der Waals surface area contributed by atoms with Crippen LogP contribution >= 0.6 is 0 Å². The van der Waals surface area contributed by atoms with E-state index in [1.54, 1.807) is 20.3 Å². The molecular weight excluding hydrogens is 685 g/mol. The van der Waals surface area contributed by atoms with Gasteiger partial charge in [-0.3, -0.25) is 14.4 Å². The molecule has 5 atom stereocenters. The van der Waals surface area contributed by atoms with Crippen molar-refractivity contribution in [2.75, 3.05) is 14.2 Å². The van der Waals surface area contributed by atoms with Gasteiger partial charge in [0.15, 0.2) is 11.6 Å². The summed E-state index contributed by atoms with van der Waals surface area (Å²) in [7, 11) is 3.38. The Morgan fingerprint density at radius 3 is 1.64 bits per heavy atom. The van der Waals surface area contributed by atoms with Crippen molar-refractivity contribution in [2.24, 2.45) is 11.8 Å². The molecule has 0 heterocycles. The maximum Gasteiger partial charge on any atom is 0.155 e. The lowest BCUT2D eigenvalue weighted by atomic mass is 9.57. The Kier molecular flexibility index (Phi) is 12.2. The van der Waals surface area contributed by atoms with Gasteiger partial charge < -0.3 is 14.6 Å². The van der Waals surface area contributed by atoms with Gasteiger partial charge in [0.05, 0.1) is 14.2 Å². The highest BCUT2D eigenvalue weighted by molar-refractivity contribution is 5.93. The lowest BCUT2D eigenvalue weighted by Gasteiger charge is -2.46. The molecule has 0 saturated heterocycles. The van der Waals surface area contributed by atoms with Crippen LogP contribution in [0.2, 0.25) is 0 Å². The van der Waals surface area contributed by atoms with E-state index in [1.165, 1.54) is 44.5 Å². The maximum absolute atomic E-state index is 12.1. The van der Waals surface area contributed by atoms with Crippen molar-refractivity contribution >= 4 is 17.3 Å². The highest BCUT2D eigenvalue weighted by atomic mass is 16.5. The smallest absolute Gasteiger partial charge is 0.155 e. The molecule has 5 aliphatic rings. The molecule has 3 aromatic rings. The molecule has 1 unspecified atom stereocenters. The van der Waals surface area contributed by atoms with Crippen molar-refractivity contribution in [3.8, 4) is 17.2 Å². The number of phenolic OH excluding ortho intramolecular Hbond substituents is 1. The van der Waals surface area contributed by atoms with Gasteiger partial charge in [-0.1, -0.05) is 76.8 Å². The lowest BCUT2D eigenvalue weighted by molar-refractivity contribution is -0.120. The third-order valence-corrected chi connectivity index (χ3v) is 13.6. The SMILES string of the molecule is CCC[C@H]1CC(=O)C=C2CCc3cc(O)ccc3[C@@]21C.CCC[C@H]1CC(=O)C=C2CCc3cc(OC)ccc3[C@@]21C.COc1ccc2c(c1)CCC(=O)C2C. The molecule has 5 aliphatic carbocycles. The zero-order chi connectivity index (χ0) is 39.5. The van der Waals surface area contributed by atoms with Gasteiger partial charge in [0.1, 0.15) is 23.0 Å². The number of phenols is 1. The summed E-state index contributed by atoms with van der Waals surface area (Å²) in [6.07, 6.45) is 15.0. The van der Waals surface area contributed by atoms with Crippen molar-refractivity contribution in [1.29, 1.82) is 0 Å². The third kappa shape index (κ3) is 7.84. The van der Waals surface area contributed by atoms with Crippen LogP contribution in [0.5, 0.6) is 17.2 Å². The molecule has 0 aromatic heterocycles. The number of fused-ring (bicyclic) bond motifs is 7. The average Bonchev–Trinajstić information content (AvgIpc) is 3.17. The Morgan fingerprint density at radius 1 is 0.636 bits per heavy atom. The number of ether oxygens (including phenoxy) is 2. The molecular formula is C49H60O6. The van der Waals surface area contributed by atoms with Crippen LogP contribution in [0.15, 0.2) is 77.9 Å². The minimum atomic E-state index is -0.0226. The first kappa shape index (κ1) is 40.2. The number of carbonyl (C=O) groups is 3. The molecule has 0 spiro atoms. The number of carbonyl (C=O) groups excluding carboxylic acids is 3. The quantitative estimate of drug-likeness (QED) is 0.270. The normalized spacial score (nSPS) is 26.2. The minimum absolute atomic E-state index is 0.0226. The van der Waals surface area contributed by atoms with Crippen molar-refractivity contribution < 1.29 is 29.0 Å². The Morgan fingerprint density at radius 2 is 1.11 bits per heavy atom. The van der Waals surface area contributed by atoms with E-state index in [4.69, 9.17) is 9.47 Å². The summed E-state index contributed by atoms with van der Waals surface area (Å²) in [5.41, 5.74) is 10.4. The van der Waals surface area contributed by atoms with Crippen molar-refractivity contribution in [1.82, 2.24) is 0 Å². The Bertz CT molecular complexity index is 2000. The summed E-state index contributed by atoms with van der Waals surface area (Å²) in [4.78, 5) is 35.5. The van der Waals surface area contributed by atoms with Crippen molar-refractivity contribution in [3.63, 3.8) is 0 Å². The number of rotatable bonds is 6. The zero-order valence-electron chi connectivity index (χ0n) is 34.1. The van der Waals surface area contributed by atoms with Gasteiger partial charge in [-0.2, -0.15) is 0 Å². The van der Waals surface area contributed by atoms with E-state index in [0.717, 1.165) is 69.3 Å².